The molecule has 0 radical (unpaired) electrons. The van der Waals surface area contributed by atoms with Crippen LogP contribution in [0.5, 0.6) is 0 Å². The molecule has 6 heteroatoms. The first-order valence-corrected chi connectivity index (χ1v) is 7.58. The van der Waals surface area contributed by atoms with Crippen LogP contribution in [-0.2, 0) is 9.84 Å². The lowest BCUT2D eigenvalue weighted by Gasteiger charge is -2.16. The molecule has 1 aliphatic heterocycles. The molecule has 2 atom stereocenters. The summed E-state index contributed by atoms with van der Waals surface area (Å²) in [6, 6.07) is 2.60. The Morgan fingerprint density at radius 3 is 2.67 bits per heavy atom. The molecule has 3 nitrogen and oxygen atoms in total. The first-order chi connectivity index (χ1) is 8.37. The van der Waals surface area contributed by atoms with Crippen molar-refractivity contribution in [3.8, 4) is 0 Å². The van der Waals surface area contributed by atoms with Gasteiger partial charge in [-0.3, -0.25) is 0 Å². The third-order valence-corrected chi connectivity index (χ3v) is 4.93. The summed E-state index contributed by atoms with van der Waals surface area (Å²) in [6.45, 7) is 2.33. The van der Waals surface area contributed by atoms with Crippen LogP contribution in [0, 0.1) is 17.6 Å². The van der Waals surface area contributed by atoms with E-state index >= 15 is 0 Å². The van der Waals surface area contributed by atoms with E-state index in [1.54, 1.807) is 0 Å². The first-order valence-electron chi connectivity index (χ1n) is 5.76. The largest absolute Gasteiger partial charge is 0.309 e. The fourth-order valence-electron chi connectivity index (χ4n) is 2.20. The molecule has 2 rings (SSSR count). The van der Waals surface area contributed by atoms with Crippen molar-refractivity contribution in [1.29, 1.82) is 0 Å². The molecule has 1 saturated heterocycles. The van der Waals surface area contributed by atoms with Crippen molar-refractivity contribution in [3.05, 3.63) is 35.4 Å². The summed E-state index contributed by atoms with van der Waals surface area (Å²) in [6.07, 6.45) is 0. The maximum Gasteiger partial charge on any atom is 0.152 e. The molecule has 1 aromatic carbocycles. The molecule has 1 aliphatic rings. The number of rotatable bonds is 1. The number of hydrogen-bond donors (Lipinski definition) is 1. The molecule has 1 N–H and O–H groups in total. The molecular weight excluding hydrogens is 260 g/mol. The number of halogens is 2. The van der Waals surface area contributed by atoms with Crippen molar-refractivity contribution in [2.75, 3.05) is 18.1 Å². The lowest BCUT2D eigenvalue weighted by atomic mass is 10.1. The van der Waals surface area contributed by atoms with Crippen molar-refractivity contribution < 1.29 is 17.2 Å². The van der Waals surface area contributed by atoms with Gasteiger partial charge in [-0.1, -0.05) is 13.0 Å². The van der Waals surface area contributed by atoms with Gasteiger partial charge < -0.3 is 5.32 Å². The second kappa shape index (κ2) is 4.93. The van der Waals surface area contributed by atoms with Gasteiger partial charge in [0, 0.05) is 17.7 Å². The van der Waals surface area contributed by atoms with Crippen molar-refractivity contribution >= 4 is 9.84 Å². The minimum absolute atomic E-state index is 0.0106. The van der Waals surface area contributed by atoms with Gasteiger partial charge in [0.15, 0.2) is 9.84 Å². The standard InChI is InChI=1S/C12H15F2NO2S/c1-8-5-15-12(7-18(16,17)6-8)10-3-2-9(13)4-11(10)14/h2-4,8,12,15H,5-7H2,1H3. The number of sulfone groups is 1. The van der Waals surface area contributed by atoms with Crippen LogP contribution in [0.1, 0.15) is 18.5 Å². The first kappa shape index (κ1) is 13.4. The molecule has 1 fully saturated rings. The summed E-state index contributed by atoms with van der Waals surface area (Å²) < 4.78 is 50.1. The fourth-order valence-corrected chi connectivity index (χ4v) is 4.13. The van der Waals surface area contributed by atoms with Gasteiger partial charge in [0.25, 0.3) is 0 Å². The van der Waals surface area contributed by atoms with E-state index in [9.17, 15) is 17.2 Å². The highest BCUT2D eigenvalue weighted by atomic mass is 32.2. The summed E-state index contributed by atoms with van der Waals surface area (Å²) in [5.41, 5.74) is 0.203. The Hall–Kier alpha value is -1.01. The molecule has 18 heavy (non-hydrogen) atoms. The Morgan fingerprint density at radius 2 is 2.00 bits per heavy atom. The Morgan fingerprint density at radius 1 is 1.28 bits per heavy atom. The van der Waals surface area contributed by atoms with E-state index in [0.29, 0.717) is 6.54 Å². The van der Waals surface area contributed by atoms with Gasteiger partial charge in [0.2, 0.25) is 0 Å². The lowest BCUT2D eigenvalue weighted by Crippen LogP contribution is -2.27. The van der Waals surface area contributed by atoms with Crippen LogP contribution < -0.4 is 5.32 Å². The maximum absolute atomic E-state index is 13.6. The molecule has 0 aliphatic carbocycles. The molecule has 0 saturated carbocycles. The van der Waals surface area contributed by atoms with Crippen molar-refractivity contribution in [3.63, 3.8) is 0 Å². The third kappa shape index (κ3) is 3.05. The molecular formula is C12H15F2NO2S. The maximum atomic E-state index is 13.6. The van der Waals surface area contributed by atoms with Crippen molar-refractivity contribution in [2.24, 2.45) is 5.92 Å². The Labute approximate surface area is 105 Å². The second-order valence-corrected chi connectivity index (χ2v) is 6.96. The summed E-state index contributed by atoms with van der Waals surface area (Å²) in [7, 11) is -3.22. The Kier molecular flexibility index (Phi) is 3.68. The molecule has 0 amide bonds. The van der Waals surface area contributed by atoms with Gasteiger partial charge in [-0.25, -0.2) is 17.2 Å². The van der Waals surface area contributed by atoms with Crippen LogP contribution in [0.2, 0.25) is 0 Å². The zero-order chi connectivity index (χ0) is 13.3. The van der Waals surface area contributed by atoms with Crippen LogP contribution in [0.3, 0.4) is 0 Å². The van der Waals surface area contributed by atoms with Gasteiger partial charge in [-0.2, -0.15) is 0 Å². The molecule has 0 bridgehead atoms. The summed E-state index contributed by atoms with van der Waals surface area (Å²) in [5, 5.41) is 3.02. The zero-order valence-electron chi connectivity index (χ0n) is 9.99. The van der Waals surface area contributed by atoms with Gasteiger partial charge in [-0.05, 0) is 18.5 Å². The predicted molar refractivity (Wildman–Crippen MR) is 64.9 cm³/mol. The fraction of sp³-hybridized carbons (Fsp3) is 0.500. The Bertz CT molecular complexity index is 545. The number of nitrogens with one attached hydrogen (secondary N) is 1. The monoisotopic (exact) mass is 275 g/mol. The zero-order valence-corrected chi connectivity index (χ0v) is 10.8. The predicted octanol–water partition coefficient (Wildman–Crippen LogP) is 1.66. The highest BCUT2D eigenvalue weighted by molar-refractivity contribution is 7.91. The van der Waals surface area contributed by atoms with Gasteiger partial charge >= 0.3 is 0 Å². The minimum atomic E-state index is -3.22. The van der Waals surface area contributed by atoms with Crippen molar-refractivity contribution in [2.45, 2.75) is 13.0 Å². The molecule has 2 unspecified atom stereocenters. The number of hydrogen-bond acceptors (Lipinski definition) is 3. The molecule has 0 spiro atoms. The van der Waals surface area contributed by atoms with Crippen LogP contribution in [0.4, 0.5) is 8.78 Å². The van der Waals surface area contributed by atoms with Gasteiger partial charge in [-0.15, -0.1) is 0 Å². The van der Waals surface area contributed by atoms with E-state index in [1.807, 2.05) is 6.92 Å². The molecule has 100 valence electrons. The molecule has 1 aromatic rings. The normalized spacial score (nSPS) is 27.7. The molecule has 0 aromatic heterocycles. The quantitative estimate of drug-likeness (QED) is 0.848. The van der Waals surface area contributed by atoms with Gasteiger partial charge in [0.1, 0.15) is 11.6 Å². The average molecular weight is 275 g/mol. The topological polar surface area (TPSA) is 46.2 Å². The average Bonchev–Trinajstić information content (AvgIpc) is 2.36. The van der Waals surface area contributed by atoms with Gasteiger partial charge in [0.05, 0.1) is 11.5 Å². The minimum Gasteiger partial charge on any atom is -0.309 e. The van der Waals surface area contributed by atoms with Crippen LogP contribution in [0.15, 0.2) is 18.2 Å². The second-order valence-electron chi connectivity index (χ2n) is 4.81. The van der Waals surface area contributed by atoms with E-state index in [4.69, 9.17) is 0 Å². The van der Waals surface area contributed by atoms with E-state index in [1.165, 1.54) is 6.07 Å². The summed E-state index contributed by atoms with van der Waals surface area (Å²) in [5.74, 6) is -1.44. The highest BCUT2D eigenvalue weighted by Crippen LogP contribution is 2.23. The van der Waals surface area contributed by atoms with Crippen molar-refractivity contribution in [1.82, 2.24) is 5.32 Å². The SMILES string of the molecule is CC1CNC(c2ccc(F)cc2F)CS(=O)(=O)C1. The summed E-state index contributed by atoms with van der Waals surface area (Å²) in [4.78, 5) is 0. The number of benzene rings is 1. The van der Waals surface area contributed by atoms with E-state index in [0.717, 1.165) is 12.1 Å². The lowest BCUT2D eigenvalue weighted by molar-refractivity contribution is 0.492. The van der Waals surface area contributed by atoms with E-state index in [2.05, 4.69) is 5.32 Å². The van der Waals surface area contributed by atoms with E-state index < -0.39 is 27.5 Å². The van der Waals surface area contributed by atoms with Crippen LogP contribution in [-0.4, -0.2) is 26.5 Å². The highest BCUT2D eigenvalue weighted by Gasteiger charge is 2.28. The smallest absolute Gasteiger partial charge is 0.152 e. The van der Waals surface area contributed by atoms with Crippen LogP contribution in [0.25, 0.3) is 0 Å². The van der Waals surface area contributed by atoms with Crippen LogP contribution >= 0.6 is 0 Å². The van der Waals surface area contributed by atoms with E-state index in [-0.39, 0.29) is 23.0 Å². The third-order valence-electron chi connectivity index (χ3n) is 3.01. The molecule has 1 heterocycles. The summed E-state index contributed by atoms with van der Waals surface area (Å²) >= 11 is 0. The Balaban J connectivity index is 2.32.